The Morgan fingerprint density at radius 2 is 1.58 bits per heavy atom. The van der Waals surface area contributed by atoms with Crippen LogP contribution in [0.5, 0.6) is 5.75 Å². The number of carbonyl (C=O) groups excluding carboxylic acids is 2. The third kappa shape index (κ3) is 4.78. The molecule has 156 valence electrons. The number of rotatable bonds is 6. The summed E-state index contributed by atoms with van der Waals surface area (Å²) in [6.45, 7) is 2.44. The number of ether oxygens (including phenoxy) is 1. The van der Waals surface area contributed by atoms with Crippen LogP contribution in [0.15, 0.2) is 81.7 Å². The average molecular weight is 479 g/mol. The topological polar surface area (TPSA) is 80.6 Å². The molecule has 0 saturated carbocycles. The Labute approximate surface area is 187 Å². The van der Waals surface area contributed by atoms with Crippen LogP contribution < -0.4 is 15.4 Å². The number of halogens is 1. The van der Waals surface area contributed by atoms with Crippen molar-refractivity contribution in [1.82, 2.24) is 0 Å². The van der Waals surface area contributed by atoms with Gasteiger partial charge in [0.05, 0.1) is 11.1 Å². The van der Waals surface area contributed by atoms with E-state index in [2.05, 4.69) is 26.6 Å². The number of anilines is 2. The predicted octanol–water partition coefficient (Wildman–Crippen LogP) is 6.10. The van der Waals surface area contributed by atoms with Gasteiger partial charge in [0.25, 0.3) is 11.8 Å². The molecule has 0 atom stereocenters. The lowest BCUT2D eigenvalue weighted by molar-refractivity contribution is 0.0996. The van der Waals surface area contributed by atoms with E-state index in [-0.39, 0.29) is 17.6 Å². The highest BCUT2D eigenvalue weighted by molar-refractivity contribution is 9.10. The van der Waals surface area contributed by atoms with Crippen LogP contribution in [-0.2, 0) is 0 Å². The zero-order valence-corrected chi connectivity index (χ0v) is 18.2. The number of hydrogen-bond acceptors (Lipinski definition) is 4. The lowest BCUT2D eigenvalue weighted by Gasteiger charge is -2.09. The normalized spacial score (nSPS) is 10.6. The first kappa shape index (κ1) is 20.7. The molecule has 31 heavy (non-hydrogen) atoms. The monoisotopic (exact) mass is 478 g/mol. The number of para-hydroxylation sites is 1. The molecular formula is C24H19BrN2O4. The standard InChI is InChI=1S/C24H19BrN2O4/c1-2-30-21-12-7-16(13-19(21)25)23(28)26-17-8-10-18(11-9-17)27-24(29)22-14-15-5-3-4-6-20(15)31-22/h3-14H,2H2,1H3,(H,26,28)(H,27,29). The molecule has 2 N–H and O–H groups in total. The number of amides is 2. The summed E-state index contributed by atoms with van der Waals surface area (Å²) in [5.41, 5.74) is 2.35. The van der Waals surface area contributed by atoms with E-state index in [4.69, 9.17) is 9.15 Å². The molecule has 0 aliphatic heterocycles. The number of furan rings is 1. The van der Waals surface area contributed by atoms with Crippen molar-refractivity contribution in [3.63, 3.8) is 0 Å². The molecule has 0 radical (unpaired) electrons. The fourth-order valence-electron chi connectivity index (χ4n) is 3.04. The van der Waals surface area contributed by atoms with E-state index < -0.39 is 0 Å². The first-order valence-corrected chi connectivity index (χ1v) is 10.5. The Kier molecular flexibility index (Phi) is 6.04. The maximum atomic E-state index is 12.5. The molecule has 1 aromatic heterocycles. The third-order valence-electron chi connectivity index (χ3n) is 4.54. The van der Waals surface area contributed by atoms with Gasteiger partial charge in [0.1, 0.15) is 11.3 Å². The lowest BCUT2D eigenvalue weighted by Crippen LogP contribution is -2.13. The highest BCUT2D eigenvalue weighted by Crippen LogP contribution is 2.26. The second kappa shape index (κ2) is 9.06. The van der Waals surface area contributed by atoms with Gasteiger partial charge in [-0.2, -0.15) is 0 Å². The van der Waals surface area contributed by atoms with Crippen LogP contribution in [0.25, 0.3) is 11.0 Å². The van der Waals surface area contributed by atoms with Crippen molar-refractivity contribution in [2.24, 2.45) is 0 Å². The second-order valence-electron chi connectivity index (χ2n) is 6.71. The molecule has 0 unspecified atom stereocenters. The lowest BCUT2D eigenvalue weighted by atomic mass is 10.2. The minimum Gasteiger partial charge on any atom is -0.493 e. The van der Waals surface area contributed by atoms with Crippen LogP contribution in [-0.4, -0.2) is 18.4 Å². The van der Waals surface area contributed by atoms with E-state index in [0.29, 0.717) is 39.4 Å². The van der Waals surface area contributed by atoms with Gasteiger partial charge in [-0.1, -0.05) is 18.2 Å². The van der Waals surface area contributed by atoms with E-state index in [1.54, 1.807) is 48.5 Å². The second-order valence-corrected chi connectivity index (χ2v) is 7.57. The fraction of sp³-hybridized carbons (Fsp3) is 0.0833. The highest BCUT2D eigenvalue weighted by Gasteiger charge is 2.13. The molecule has 6 nitrogen and oxygen atoms in total. The zero-order valence-electron chi connectivity index (χ0n) is 16.6. The summed E-state index contributed by atoms with van der Waals surface area (Å²) in [4.78, 5) is 25.0. The maximum Gasteiger partial charge on any atom is 0.291 e. The summed E-state index contributed by atoms with van der Waals surface area (Å²) in [6, 6.07) is 21.2. The van der Waals surface area contributed by atoms with Crippen molar-refractivity contribution >= 4 is 50.1 Å². The minimum absolute atomic E-state index is 0.236. The number of benzene rings is 3. The Morgan fingerprint density at radius 3 is 2.23 bits per heavy atom. The van der Waals surface area contributed by atoms with Gasteiger partial charge in [-0.05, 0) is 77.5 Å². The van der Waals surface area contributed by atoms with E-state index >= 15 is 0 Å². The quantitative estimate of drug-likeness (QED) is 0.350. The molecule has 3 aromatic carbocycles. The van der Waals surface area contributed by atoms with Crippen molar-refractivity contribution in [2.75, 3.05) is 17.2 Å². The summed E-state index contributed by atoms with van der Waals surface area (Å²) in [7, 11) is 0. The average Bonchev–Trinajstić information content (AvgIpc) is 3.21. The number of fused-ring (bicyclic) bond motifs is 1. The Morgan fingerprint density at radius 1 is 0.903 bits per heavy atom. The number of nitrogens with one attached hydrogen (secondary N) is 2. The third-order valence-corrected chi connectivity index (χ3v) is 5.16. The van der Waals surface area contributed by atoms with Crippen LogP contribution in [0.1, 0.15) is 27.8 Å². The fourth-order valence-corrected chi connectivity index (χ4v) is 3.53. The summed E-state index contributed by atoms with van der Waals surface area (Å²) < 4.78 is 11.8. The van der Waals surface area contributed by atoms with Crippen molar-refractivity contribution in [2.45, 2.75) is 6.92 Å². The molecule has 0 aliphatic rings. The largest absolute Gasteiger partial charge is 0.493 e. The SMILES string of the molecule is CCOc1ccc(C(=O)Nc2ccc(NC(=O)c3cc4ccccc4o3)cc2)cc1Br. The molecule has 4 aromatic rings. The van der Waals surface area contributed by atoms with E-state index in [1.165, 1.54) is 0 Å². The predicted molar refractivity (Wildman–Crippen MR) is 124 cm³/mol. The molecule has 0 bridgehead atoms. The molecule has 0 aliphatic carbocycles. The van der Waals surface area contributed by atoms with Crippen LogP contribution in [0.3, 0.4) is 0 Å². The molecular weight excluding hydrogens is 460 g/mol. The number of carbonyl (C=O) groups is 2. The summed E-state index contributed by atoms with van der Waals surface area (Å²) >= 11 is 3.41. The van der Waals surface area contributed by atoms with Crippen molar-refractivity contribution in [3.8, 4) is 5.75 Å². The van der Waals surface area contributed by atoms with Crippen LogP contribution in [0.4, 0.5) is 11.4 Å². The van der Waals surface area contributed by atoms with E-state index in [0.717, 1.165) is 5.39 Å². The Bertz CT molecular complexity index is 1220. The summed E-state index contributed by atoms with van der Waals surface area (Å²) in [6.07, 6.45) is 0. The number of hydrogen-bond donors (Lipinski definition) is 2. The minimum atomic E-state index is -0.341. The smallest absolute Gasteiger partial charge is 0.291 e. The van der Waals surface area contributed by atoms with Crippen LogP contribution >= 0.6 is 15.9 Å². The molecule has 1 heterocycles. The van der Waals surface area contributed by atoms with Gasteiger partial charge in [-0.25, -0.2) is 0 Å². The van der Waals surface area contributed by atoms with Crippen LogP contribution in [0, 0.1) is 0 Å². The van der Waals surface area contributed by atoms with E-state index in [1.807, 2.05) is 31.2 Å². The van der Waals surface area contributed by atoms with E-state index in [9.17, 15) is 9.59 Å². The van der Waals surface area contributed by atoms with Gasteiger partial charge in [0, 0.05) is 22.3 Å². The van der Waals surface area contributed by atoms with Gasteiger partial charge in [-0.15, -0.1) is 0 Å². The van der Waals surface area contributed by atoms with Gasteiger partial charge in [-0.3, -0.25) is 9.59 Å². The molecule has 7 heteroatoms. The van der Waals surface area contributed by atoms with Crippen molar-refractivity contribution in [1.29, 1.82) is 0 Å². The highest BCUT2D eigenvalue weighted by atomic mass is 79.9. The van der Waals surface area contributed by atoms with Gasteiger partial charge in [0.2, 0.25) is 0 Å². The Balaban J connectivity index is 1.40. The molecule has 0 spiro atoms. The van der Waals surface area contributed by atoms with Crippen LogP contribution in [0.2, 0.25) is 0 Å². The Hall–Kier alpha value is -3.58. The molecule has 2 amide bonds. The van der Waals surface area contributed by atoms with Gasteiger partial charge < -0.3 is 19.8 Å². The van der Waals surface area contributed by atoms with Gasteiger partial charge in [0.15, 0.2) is 5.76 Å². The molecule has 0 saturated heterocycles. The maximum absolute atomic E-state index is 12.5. The van der Waals surface area contributed by atoms with Crippen molar-refractivity contribution in [3.05, 3.63) is 88.6 Å². The first-order chi connectivity index (χ1) is 15.0. The summed E-state index contributed by atoms with van der Waals surface area (Å²) in [5.74, 6) is 0.332. The molecule has 4 rings (SSSR count). The first-order valence-electron chi connectivity index (χ1n) is 9.67. The molecule has 0 fully saturated rings. The van der Waals surface area contributed by atoms with Crippen molar-refractivity contribution < 1.29 is 18.7 Å². The summed E-state index contributed by atoms with van der Waals surface area (Å²) in [5, 5.41) is 6.49. The van der Waals surface area contributed by atoms with Gasteiger partial charge >= 0.3 is 0 Å². The zero-order chi connectivity index (χ0) is 21.8.